The Morgan fingerprint density at radius 3 is 1.07 bits per heavy atom. The quantitative estimate of drug-likeness (QED) is 0.304. The molecule has 6 heteroatoms. The lowest BCUT2D eigenvalue weighted by molar-refractivity contribution is 0.566. The van der Waals surface area contributed by atoms with E-state index in [1.807, 2.05) is 32.9 Å². The highest BCUT2D eigenvalue weighted by molar-refractivity contribution is 6.36. The van der Waals surface area contributed by atoms with Crippen molar-refractivity contribution in [3.05, 3.63) is 102 Å². The molecule has 0 unspecified atom stereocenters. The third-order valence-electron chi connectivity index (χ3n) is 4.28. The maximum atomic E-state index is 12.8. The Hall–Kier alpha value is -1.68. The Kier molecular flexibility index (Phi) is 10.2. The van der Waals surface area contributed by atoms with Crippen LogP contribution in [0, 0.1) is 59.0 Å². The molecule has 3 aromatic rings. The molecule has 0 aliphatic heterocycles. The maximum Gasteiger partial charge on any atom is 0.129 e. The molecule has 0 radical (unpaired) electrons. The first kappa shape index (κ1) is 26.4. The number of halogens is 6. The molecule has 30 heavy (non-hydrogen) atoms. The second kappa shape index (κ2) is 11.6. The van der Waals surface area contributed by atoms with Crippen molar-refractivity contribution in [2.45, 2.75) is 41.5 Å². The number of hydrogen-bond donors (Lipinski definition) is 0. The summed E-state index contributed by atoms with van der Waals surface area (Å²) in [5, 5.41) is 1.98. The molecule has 0 heterocycles. The number of hydrogen-bond acceptors (Lipinski definition) is 0. The Bertz CT molecular complexity index is 829. The third-order valence-corrected chi connectivity index (χ3v) is 5.45. The van der Waals surface area contributed by atoms with Gasteiger partial charge in [0.05, 0.1) is 0 Å². The Morgan fingerprint density at radius 2 is 0.700 bits per heavy atom. The second-order valence-corrected chi connectivity index (χ2v) is 8.28. The Morgan fingerprint density at radius 1 is 0.433 bits per heavy atom. The number of benzene rings is 3. The number of rotatable bonds is 0. The molecule has 0 aromatic heterocycles. The number of aryl methyl sites for hydroxylation is 3. The molecule has 0 fully saturated rings. The van der Waals surface area contributed by atoms with Gasteiger partial charge in [-0.1, -0.05) is 34.8 Å². The molecule has 0 bridgehead atoms. The van der Waals surface area contributed by atoms with E-state index < -0.39 is 11.6 Å². The van der Waals surface area contributed by atoms with E-state index in [4.69, 9.17) is 34.8 Å². The summed E-state index contributed by atoms with van der Waals surface area (Å²) in [6.07, 6.45) is 0. The van der Waals surface area contributed by atoms with E-state index in [2.05, 4.69) is 0 Å². The molecule has 0 spiro atoms. The summed E-state index contributed by atoms with van der Waals surface area (Å²) < 4.78 is 38.0. The van der Waals surface area contributed by atoms with Crippen LogP contribution in [-0.4, -0.2) is 0 Å². The molecule has 0 saturated heterocycles. The lowest BCUT2D eigenvalue weighted by Gasteiger charge is -2.01. The lowest BCUT2D eigenvalue weighted by Crippen LogP contribution is -1.88. The standard InChI is InChI=1S/C8H8Cl2.C8H8ClF.C8H8F2/c3*1-5-3-7(9)6(2)8(10)4-5/h3*3-4H,1-2H3. The molecule has 3 aromatic carbocycles. The minimum Gasteiger partial charge on any atom is -0.207 e. The molecule has 162 valence electrons. The average Bonchev–Trinajstić information content (AvgIpc) is 2.63. The predicted molar refractivity (Wildman–Crippen MR) is 123 cm³/mol. The molecular formula is C24H24Cl3F3. The minimum atomic E-state index is -0.475. The van der Waals surface area contributed by atoms with Gasteiger partial charge in [-0.3, -0.25) is 0 Å². The van der Waals surface area contributed by atoms with Gasteiger partial charge in [-0.25, -0.2) is 13.2 Å². The van der Waals surface area contributed by atoms with Crippen LogP contribution in [0.4, 0.5) is 13.2 Å². The van der Waals surface area contributed by atoms with Crippen LogP contribution in [-0.2, 0) is 0 Å². The third kappa shape index (κ3) is 7.86. The first-order valence-corrected chi connectivity index (χ1v) is 10.2. The summed E-state index contributed by atoms with van der Waals surface area (Å²) in [6, 6.07) is 9.67. The summed E-state index contributed by atoms with van der Waals surface area (Å²) in [5.41, 5.74) is 4.13. The highest BCUT2D eigenvalue weighted by Crippen LogP contribution is 2.24. The van der Waals surface area contributed by atoms with E-state index in [-0.39, 0.29) is 11.4 Å². The Labute approximate surface area is 191 Å². The van der Waals surface area contributed by atoms with Gasteiger partial charge in [0.2, 0.25) is 0 Å². The smallest absolute Gasteiger partial charge is 0.129 e. The van der Waals surface area contributed by atoms with E-state index in [0.717, 1.165) is 26.7 Å². The van der Waals surface area contributed by atoms with E-state index in [9.17, 15) is 13.2 Å². The van der Waals surface area contributed by atoms with Crippen LogP contribution >= 0.6 is 34.8 Å². The predicted octanol–water partition coefficient (Wildman–Crippen LogP) is 9.29. The highest BCUT2D eigenvalue weighted by atomic mass is 35.5. The molecule has 0 nitrogen and oxygen atoms in total. The maximum absolute atomic E-state index is 12.8. The monoisotopic (exact) mass is 474 g/mol. The van der Waals surface area contributed by atoms with Gasteiger partial charge in [0.15, 0.2) is 0 Å². The van der Waals surface area contributed by atoms with Crippen LogP contribution in [0.15, 0.2) is 36.4 Å². The fraction of sp³-hybridized carbons (Fsp3) is 0.250. The van der Waals surface area contributed by atoms with Crippen molar-refractivity contribution >= 4 is 34.8 Å². The molecule has 0 N–H and O–H groups in total. The minimum absolute atomic E-state index is 0.0885. The van der Waals surface area contributed by atoms with Gasteiger partial charge in [0.1, 0.15) is 17.5 Å². The molecule has 0 aliphatic rings. The van der Waals surface area contributed by atoms with Crippen molar-refractivity contribution in [3.63, 3.8) is 0 Å². The van der Waals surface area contributed by atoms with Crippen LogP contribution in [0.1, 0.15) is 33.4 Å². The van der Waals surface area contributed by atoms with Crippen molar-refractivity contribution in [2.24, 2.45) is 0 Å². The summed E-state index contributed by atoms with van der Waals surface area (Å²) >= 11 is 17.3. The molecule has 0 amide bonds. The summed E-state index contributed by atoms with van der Waals surface area (Å²) in [6.45, 7) is 10.4. The lowest BCUT2D eigenvalue weighted by atomic mass is 10.1. The van der Waals surface area contributed by atoms with Crippen molar-refractivity contribution in [1.82, 2.24) is 0 Å². The summed E-state index contributed by atoms with van der Waals surface area (Å²) in [7, 11) is 0. The topological polar surface area (TPSA) is 0 Å². The fourth-order valence-corrected chi connectivity index (χ4v) is 3.17. The first-order valence-electron chi connectivity index (χ1n) is 9.10. The molecule has 0 saturated carbocycles. The van der Waals surface area contributed by atoms with Crippen LogP contribution in [0.2, 0.25) is 15.1 Å². The van der Waals surface area contributed by atoms with Gasteiger partial charge < -0.3 is 0 Å². The molecule has 3 rings (SSSR count). The highest BCUT2D eigenvalue weighted by Gasteiger charge is 2.03. The zero-order valence-corrected chi connectivity index (χ0v) is 20.0. The van der Waals surface area contributed by atoms with E-state index in [1.165, 1.54) is 25.1 Å². The largest absolute Gasteiger partial charge is 0.207 e. The van der Waals surface area contributed by atoms with Gasteiger partial charge in [0, 0.05) is 26.2 Å². The van der Waals surface area contributed by atoms with Gasteiger partial charge in [-0.15, -0.1) is 0 Å². The van der Waals surface area contributed by atoms with Crippen molar-refractivity contribution in [2.75, 3.05) is 0 Å². The summed E-state index contributed by atoms with van der Waals surface area (Å²) in [5.74, 6) is -1.18. The fourth-order valence-electron chi connectivity index (χ4n) is 2.32. The molecule has 0 aliphatic carbocycles. The SMILES string of the molecule is Cc1cc(Cl)c(C)c(Cl)c1.Cc1cc(F)c(C)c(Cl)c1.Cc1cc(F)c(C)c(F)c1. The van der Waals surface area contributed by atoms with Crippen molar-refractivity contribution < 1.29 is 13.2 Å². The summed E-state index contributed by atoms with van der Waals surface area (Å²) in [4.78, 5) is 0. The van der Waals surface area contributed by atoms with Crippen LogP contribution in [0.25, 0.3) is 0 Å². The van der Waals surface area contributed by atoms with Crippen molar-refractivity contribution in [1.29, 1.82) is 0 Å². The van der Waals surface area contributed by atoms with Crippen molar-refractivity contribution in [3.8, 4) is 0 Å². The van der Waals surface area contributed by atoms with Gasteiger partial charge >= 0.3 is 0 Å². The molecule has 0 atom stereocenters. The van der Waals surface area contributed by atoms with Crippen LogP contribution in [0.3, 0.4) is 0 Å². The van der Waals surface area contributed by atoms with E-state index in [1.54, 1.807) is 19.9 Å². The second-order valence-electron chi connectivity index (χ2n) is 7.06. The van der Waals surface area contributed by atoms with Crippen LogP contribution in [0.5, 0.6) is 0 Å². The van der Waals surface area contributed by atoms with Gasteiger partial charge in [-0.05, 0) is 100 Å². The van der Waals surface area contributed by atoms with E-state index >= 15 is 0 Å². The zero-order chi connectivity index (χ0) is 23.2. The van der Waals surface area contributed by atoms with E-state index in [0.29, 0.717) is 16.1 Å². The van der Waals surface area contributed by atoms with Crippen LogP contribution < -0.4 is 0 Å². The first-order chi connectivity index (χ1) is 13.8. The van der Waals surface area contributed by atoms with Gasteiger partial charge in [-0.2, -0.15) is 0 Å². The Balaban J connectivity index is 0.000000225. The zero-order valence-electron chi connectivity index (χ0n) is 17.7. The average molecular weight is 476 g/mol. The normalized spacial score (nSPS) is 10.0. The van der Waals surface area contributed by atoms with Gasteiger partial charge in [0.25, 0.3) is 0 Å². The molecular weight excluding hydrogens is 452 g/mol.